The van der Waals surface area contributed by atoms with Crippen molar-refractivity contribution < 1.29 is 52.2 Å². The van der Waals surface area contributed by atoms with Crippen molar-refractivity contribution in [2.24, 2.45) is 5.16 Å². The first-order valence-electron chi connectivity index (χ1n) is 11.5. The molecular weight excluding hydrogens is 521 g/mol. The average molecular weight is 549 g/mol. The van der Waals surface area contributed by atoms with Crippen LogP contribution < -0.4 is 0 Å². The van der Waals surface area contributed by atoms with E-state index in [-0.39, 0.29) is 13.2 Å². The number of carbonyl (C=O) groups is 3. The molecule has 0 radical (unpaired) electrons. The Morgan fingerprint density at radius 1 is 0.789 bits per heavy atom. The Morgan fingerprint density at radius 3 is 1.66 bits per heavy atom. The highest BCUT2D eigenvalue weighted by atomic mass is 31.2. The maximum atomic E-state index is 14.4. The van der Waals surface area contributed by atoms with E-state index in [2.05, 4.69) is 5.16 Å². The van der Waals surface area contributed by atoms with Crippen molar-refractivity contribution in [2.75, 3.05) is 0 Å². The molecule has 2 aromatic carbocycles. The van der Waals surface area contributed by atoms with E-state index >= 15 is 0 Å². The van der Waals surface area contributed by atoms with Crippen LogP contribution in [0, 0.1) is 0 Å². The second-order valence-electron chi connectivity index (χ2n) is 8.18. The zero-order chi connectivity index (χ0) is 27.7. The van der Waals surface area contributed by atoms with Crippen molar-refractivity contribution in [1.29, 1.82) is 0 Å². The fourth-order valence-electron chi connectivity index (χ4n) is 3.65. The topological polar surface area (TPSA) is 156 Å². The molecule has 3 rings (SSSR count). The summed E-state index contributed by atoms with van der Waals surface area (Å²) in [5.74, 6) is -5.00. The molecule has 1 saturated heterocycles. The first kappa shape index (κ1) is 28.8. The van der Waals surface area contributed by atoms with Gasteiger partial charge in [0.1, 0.15) is 0 Å². The summed E-state index contributed by atoms with van der Waals surface area (Å²) in [7, 11) is -4.45. The van der Waals surface area contributed by atoms with Crippen LogP contribution in [-0.2, 0) is 60.2 Å². The zero-order valence-electron chi connectivity index (χ0n) is 20.9. The third-order valence-corrected chi connectivity index (χ3v) is 7.20. The van der Waals surface area contributed by atoms with E-state index in [1.807, 2.05) is 0 Å². The number of hydrogen-bond donors (Lipinski definition) is 1. The maximum absolute atomic E-state index is 14.4. The summed E-state index contributed by atoms with van der Waals surface area (Å²) < 4.78 is 47.4. The molecule has 1 aliphatic heterocycles. The minimum absolute atomic E-state index is 0.198. The lowest BCUT2D eigenvalue weighted by molar-refractivity contribution is -0.191. The summed E-state index contributed by atoms with van der Waals surface area (Å²) in [6.45, 7) is 2.79. The predicted octanol–water partition coefficient (Wildman–Crippen LogP) is 3.55. The van der Waals surface area contributed by atoms with E-state index in [1.54, 1.807) is 60.7 Å². The van der Waals surface area contributed by atoms with Crippen LogP contribution in [0.15, 0.2) is 65.8 Å². The van der Waals surface area contributed by atoms with Gasteiger partial charge in [-0.1, -0.05) is 65.8 Å². The van der Waals surface area contributed by atoms with E-state index in [9.17, 15) is 24.2 Å². The number of oxime groups is 1. The van der Waals surface area contributed by atoms with Gasteiger partial charge in [-0.3, -0.25) is 18.9 Å². The van der Waals surface area contributed by atoms with Gasteiger partial charge in [-0.15, -0.1) is 0 Å². The first-order valence-corrected chi connectivity index (χ1v) is 13.1. The summed E-state index contributed by atoms with van der Waals surface area (Å²) in [6.07, 6.45) is -4.89. The molecule has 1 N–H and O–H groups in total. The molecule has 0 bridgehead atoms. The van der Waals surface area contributed by atoms with E-state index in [0.29, 0.717) is 11.1 Å². The molecule has 12 nitrogen and oxygen atoms in total. The van der Waals surface area contributed by atoms with Gasteiger partial charge in [-0.25, -0.2) is 0 Å². The molecule has 1 fully saturated rings. The molecule has 0 aliphatic carbocycles. The molecule has 13 heteroatoms. The normalized spacial score (nSPS) is 22.2. The summed E-state index contributed by atoms with van der Waals surface area (Å²) in [5, 5.41) is 12.7. The summed E-state index contributed by atoms with van der Waals surface area (Å²) in [6, 6.07) is 17.5. The Bertz CT molecular complexity index is 1140. The van der Waals surface area contributed by atoms with Crippen LogP contribution in [0.3, 0.4) is 0 Å². The van der Waals surface area contributed by atoms with Gasteiger partial charge < -0.3 is 33.2 Å². The van der Waals surface area contributed by atoms with Gasteiger partial charge in [0, 0.05) is 20.8 Å². The van der Waals surface area contributed by atoms with Crippen LogP contribution in [0.2, 0.25) is 0 Å². The van der Waals surface area contributed by atoms with Crippen molar-refractivity contribution in [3.8, 4) is 0 Å². The predicted molar refractivity (Wildman–Crippen MR) is 131 cm³/mol. The number of carbonyl (C=O) groups excluding carboxylic acids is 3. The molecule has 2 aromatic rings. The fraction of sp³-hybridized carbons (Fsp3) is 0.360. The molecule has 1 heterocycles. The van der Waals surface area contributed by atoms with Crippen molar-refractivity contribution in [3.63, 3.8) is 0 Å². The Kier molecular flexibility index (Phi) is 10.0. The number of hydrogen-bond acceptors (Lipinski definition) is 12. The van der Waals surface area contributed by atoms with E-state index in [0.717, 1.165) is 20.8 Å². The fourth-order valence-corrected chi connectivity index (χ4v) is 5.51. The molecule has 0 amide bonds. The largest absolute Gasteiger partial charge is 0.455 e. The molecular formula is C25H28NO11P. The van der Waals surface area contributed by atoms with Gasteiger partial charge in [-0.05, 0) is 11.1 Å². The summed E-state index contributed by atoms with van der Waals surface area (Å²) in [5.41, 5.74) is 1.28. The van der Waals surface area contributed by atoms with Crippen LogP contribution in [-0.4, -0.2) is 53.2 Å². The third-order valence-electron chi connectivity index (χ3n) is 5.20. The maximum Gasteiger partial charge on any atom is 0.375 e. The lowest BCUT2D eigenvalue weighted by atomic mass is 10.0. The molecule has 38 heavy (non-hydrogen) atoms. The van der Waals surface area contributed by atoms with Gasteiger partial charge in [-0.2, -0.15) is 0 Å². The van der Waals surface area contributed by atoms with Crippen LogP contribution in [0.4, 0.5) is 0 Å². The third kappa shape index (κ3) is 7.64. The lowest BCUT2D eigenvalue weighted by Crippen LogP contribution is -2.59. The van der Waals surface area contributed by atoms with Crippen LogP contribution >= 0.6 is 7.60 Å². The molecule has 0 spiro atoms. The number of esters is 3. The van der Waals surface area contributed by atoms with E-state index in [4.69, 9.17) is 28.0 Å². The number of benzene rings is 2. The monoisotopic (exact) mass is 549 g/mol. The van der Waals surface area contributed by atoms with Crippen LogP contribution in [0.5, 0.6) is 0 Å². The molecule has 1 aliphatic rings. The smallest absolute Gasteiger partial charge is 0.375 e. The Balaban J connectivity index is 2.05. The van der Waals surface area contributed by atoms with Gasteiger partial charge in [0.05, 0.1) is 13.2 Å². The Labute approximate surface area is 218 Å². The second-order valence-corrected chi connectivity index (χ2v) is 10.3. The number of nitrogens with zero attached hydrogens (tertiary/aromatic N) is 1. The Morgan fingerprint density at radius 2 is 1.24 bits per heavy atom. The highest BCUT2D eigenvalue weighted by Gasteiger charge is 2.59. The SMILES string of the molecule is CC(=O)O[C@H]1[C@H](OC(C)=O)[C@@H](P(=O)(OCc2ccccc2)OCc2ccccc2)O/C(=N/O)[C@@H]1OC(C)=O. The number of rotatable bonds is 10. The molecule has 4 atom stereocenters. The first-order chi connectivity index (χ1) is 18.1. The van der Waals surface area contributed by atoms with Crippen molar-refractivity contribution in [2.45, 2.75) is 58.1 Å². The highest BCUT2D eigenvalue weighted by molar-refractivity contribution is 7.54. The van der Waals surface area contributed by atoms with Crippen molar-refractivity contribution >= 4 is 31.4 Å². The quantitative estimate of drug-likeness (QED) is 0.152. The van der Waals surface area contributed by atoms with Gasteiger partial charge >= 0.3 is 25.5 Å². The molecule has 0 unspecified atom stereocenters. The van der Waals surface area contributed by atoms with Crippen LogP contribution in [0.25, 0.3) is 0 Å². The minimum atomic E-state index is -4.45. The van der Waals surface area contributed by atoms with Gasteiger partial charge in [0.15, 0.2) is 12.2 Å². The van der Waals surface area contributed by atoms with Crippen molar-refractivity contribution in [1.82, 2.24) is 0 Å². The molecule has 204 valence electrons. The summed E-state index contributed by atoms with van der Waals surface area (Å²) in [4.78, 5) is 35.8. The van der Waals surface area contributed by atoms with E-state index < -0.39 is 55.6 Å². The number of ether oxygens (including phenoxy) is 4. The van der Waals surface area contributed by atoms with Crippen LogP contribution in [0.1, 0.15) is 31.9 Å². The minimum Gasteiger partial charge on any atom is -0.455 e. The van der Waals surface area contributed by atoms with Gasteiger partial charge in [0.25, 0.3) is 5.90 Å². The molecule has 0 aromatic heterocycles. The van der Waals surface area contributed by atoms with Crippen molar-refractivity contribution in [3.05, 3.63) is 71.8 Å². The highest BCUT2D eigenvalue weighted by Crippen LogP contribution is 2.58. The zero-order valence-corrected chi connectivity index (χ0v) is 21.8. The Hall–Kier alpha value is -3.73. The van der Waals surface area contributed by atoms with Gasteiger partial charge in [0.2, 0.25) is 11.9 Å². The lowest BCUT2D eigenvalue weighted by Gasteiger charge is -2.42. The van der Waals surface area contributed by atoms with E-state index in [1.165, 1.54) is 0 Å². The standard InChI is InChI=1S/C25H28NO11P/c1-16(27)34-21-22(35-17(2)28)24(26-30)37-25(23(21)36-18(3)29)38(31,32-14-19-10-6-4-7-11-19)33-15-20-12-8-5-9-13-20/h4-13,21-23,25,30H,14-15H2,1-3H3/b26-24+/t21-,22-,23+,25-/m1/s1. The average Bonchev–Trinajstić information content (AvgIpc) is 2.88. The molecule has 0 saturated carbocycles. The second kappa shape index (κ2) is 13.2. The summed E-state index contributed by atoms with van der Waals surface area (Å²) >= 11 is 0.